The number of rotatable bonds is 8. The molecule has 0 heterocycles. The predicted octanol–water partition coefficient (Wildman–Crippen LogP) is 9.40. The topological polar surface area (TPSA) is 52.6 Å². The molecule has 0 bridgehead atoms. The molecule has 0 aliphatic heterocycles. The first-order valence-corrected chi connectivity index (χ1v) is 15.6. The van der Waals surface area contributed by atoms with Crippen LogP contribution in [0, 0.1) is 24.7 Å². The Labute approximate surface area is 263 Å². The SMILES string of the molecule is C#Cc1ccc(Oc2ccc(S(=O)(=O)c3ccc(Oc4ccc(C#C)cc4-c4ccccc4)cc3)cc2)c(-c2ccccc2)c1. The molecular weight excluding hydrogens is 577 g/mol. The molecule has 0 fully saturated rings. The van der Waals surface area contributed by atoms with Crippen molar-refractivity contribution in [2.45, 2.75) is 9.79 Å². The van der Waals surface area contributed by atoms with Crippen LogP contribution in [0.3, 0.4) is 0 Å². The minimum Gasteiger partial charge on any atom is -0.457 e. The molecule has 6 rings (SSSR count). The van der Waals surface area contributed by atoms with E-state index in [1.54, 1.807) is 24.3 Å². The number of ether oxygens (including phenoxy) is 2. The standard InChI is InChI=1S/C40H26O4S/c1-3-29-15-25-39(37(27-29)31-11-7-5-8-12-31)43-33-17-21-35(22-18-33)45(41,42)36-23-19-34(20-24-36)44-40-26-16-30(4-2)28-38(40)32-13-9-6-10-14-32/h1-2,5-28H. The number of hydrogen-bond acceptors (Lipinski definition) is 4. The van der Waals surface area contributed by atoms with Gasteiger partial charge in [0.15, 0.2) is 0 Å². The molecule has 216 valence electrons. The lowest BCUT2D eigenvalue weighted by Crippen LogP contribution is -2.02. The molecule has 0 unspecified atom stereocenters. The maximum absolute atomic E-state index is 13.5. The molecule has 0 aromatic heterocycles. The van der Waals surface area contributed by atoms with E-state index in [9.17, 15) is 8.42 Å². The van der Waals surface area contributed by atoms with Gasteiger partial charge in [-0.05, 0) is 96.1 Å². The van der Waals surface area contributed by atoms with Crippen molar-refractivity contribution in [1.82, 2.24) is 0 Å². The lowest BCUT2D eigenvalue weighted by Gasteiger charge is -2.13. The van der Waals surface area contributed by atoms with Gasteiger partial charge in [-0.1, -0.05) is 72.5 Å². The van der Waals surface area contributed by atoms with Crippen LogP contribution in [0.2, 0.25) is 0 Å². The van der Waals surface area contributed by atoms with E-state index in [2.05, 4.69) is 11.8 Å². The zero-order valence-corrected chi connectivity index (χ0v) is 24.9. The average Bonchev–Trinajstić information content (AvgIpc) is 3.10. The number of benzene rings is 6. The highest BCUT2D eigenvalue weighted by atomic mass is 32.2. The number of hydrogen-bond donors (Lipinski definition) is 0. The molecular formula is C40H26O4S. The Morgan fingerprint density at radius 3 is 1.20 bits per heavy atom. The van der Waals surface area contributed by atoms with Gasteiger partial charge in [-0.3, -0.25) is 0 Å². The summed E-state index contributed by atoms with van der Waals surface area (Å²) in [6.07, 6.45) is 11.2. The predicted molar refractivity (Wildman–Crippen MR) is 178 cm³/mol. The molecule has 0 atom stereocenters. The molecule has 6 aromatic carbocycles. The Morgan fingerprint density at radius 1 is 0.467 bits per heavy atom. The summed E-state index contributed by atoms with van der Waals surface area (Å²) in [6, 6.07) is 43.3. The fourth-order valence-corrected chi connectivity index (χ4v) is 6.13. The molecule has 0 aliphatic carbocycles. The molecule has 0 radical (unpaired) electrons. The molecule has 0 amide bonds. The van der Waals surface area contributed by atoms with E-state index < -0.39 is 9.84 Å². The van der Waals surface area contributed by atoms with Crippen LogP contribution in [-0.2, 0) is 9.84 Å². The van der Waals surface area contributed by atoms with Gasteiger partial charge < -0.3 is 9.47 Å². The van der Waals surface area contributed by atoms with Crippen LogP contribution in [0.5, 0.6) is 23.0 Å². The second-order valence-corrected chi connectivity index (χ2v) is 12.0. The van der Waals surface area contributed by atoms with E-state index in [1.165, 1.54) is 24.3 Å². The smallest absolute Gasteiger partial charge is 0.206 e. The molecule has 0 spiro atoms. The van der Waals surface area contributed by atoms with E-state index in [-0.39, 0.29) is 9.79 Å². The van der Waals surface area contributed by atoms with E-state index in [4.69, 9.17) is 22.3 Å². The number of terminal acetylenes is 2. The first-order chi connectivity index (χ1) is 21.9. The van der Waals surface area contributed by atoms with Gasteiger partial charge in [-0.2, -0.15) is 0 Å². The minimum atomic E-state index is -3.79. The molecule has 0 N–H and O–H groups in total. The van der Waals surface area contributed by atoms with Gasteiger partial charge in [0.05, 0.1) is 9.79 Å². The van der Waals surface area contributed by atoms with Gasteiger partial charge in [0, 0.05) is 22.3 Å². The maximum Gasteiger partial charge on any atom is 0.206 e. The summed E-state index contributed by atoms with van der Waals surface area (Å²) in [5, 5.41) is 0. The van der Waals surface area contributed by atoms with Gasteiger partial charge in [0.1, 0.15) is 23.0 Å². The highest BCUT2D eigenvalue weighted by Gasteiger charge is 2.19. The normalized spacial score (nSPS) is 10.8. The van der Waals surface area contributed by atoms with Crippen LogP contribution in [-0.4, -0.2) is 8.42 Å². The zero-order chi connectivity index (χ0) is 31.2. The Balaban J connectivity index is 1.21. The molecule has 0 saturated carbocycles. The summed E-state index contributed by atoms with van der Waals surface area (Å²) < 4.78 is 39.3. The van der Waals surface area contributed by atoms with Crippen LogP contribution in [0.1, 0.15) is 11.1 Å². The van der Waals surface area contributed by atoms with Gasteiger partial charge in [-0.25, -0.2) is 8.42 Å². The van der Waals surface area contributed by atoms with Crippen molar-refractivity contribution in [3.8, 4) is 69.9 Å². The van der Waals surface area contributed by atoms with Crippen LogP contribution < -0.4 is 9.47 Å². The maximum atomic E-state index is 13.5. The van der Waals surface area contributed by atoms with Crippen molar-refractivity contribution >= 4 is 9.84 Å². The van der Waals surface area contributed by atoms with Crippen LogP contribution in [0.4, 0.5) is 0 Å². The summed E-state index contributed by atoms with van der Waals surface area (Å²) >= 11 is 0. The van der Waals surface area contributed by atoms with Crippen LogP contribution >= 0.6 is 0 Å². The van der Waals surface area contributed by atoms with Crippen molar-refractivity contribution in [3.63, 3.8) is 0 Å². The molecule has 0 saturated heterocycles. The van der Waals surface area contributed by atoms with Gasteiger partial charge >= 0.3 is 0 Å². The van der Waals surface area contributed by atoms with Crippen molar-refractivity contribution in [1.29, 1.82) is 0 Å². The Bertz CT molecular complexity index is 2000. The zero-order valence-electron chi connectivity index (χ0n) is 24.1. The molecule has 4 nitrogen and oxygen atoms in total. The lowest BCUT2D eigenvalue weighted by molar-refractivity contribution is 0.484. The summed E-state index contributed by atoms with van der Waals surface area (Å²) in [6.45, 7) is 0. The van der Waals surface area contributed by atoms with E-state index in [1.807, 2.05) is 97.1 Å². The van der Waals surface area contributed by atoms with Gasteiger partial charge in [0.25, 0.3) is 0 Å². The van der Waals surface area contributed by atoms with Crippen molar-refractivity contribution in [3.05, 3.63) is 157 Å². The first-order valence-electron chi connectivity index (χ1n) is 14.1. The van der Waals surface area contributed by atoms with E-state index in [0.717, 1.165) is 33.4 Å². The molecule has 6 aromatic rings. The van der Waals surface area contributed by atoms with Gasteiger partial charge in [-0.15, -0.1) is 12.8 Å². The fraction of sp³-hybridized carbons (Fsp3) is 0. The Kier molecular flexibility index (Phi) is 8.20. The fourth-order valence-electron chi connectivity index (χ4n) is 4.87. The Hall–Kier alpha value is -6.01. The molecule has 0 aliphatic rings. The average molecular weight is 603 g/mol. The lowest BCUT2D eigenvalue weighted by atomic mass is 10.0. The summed E-state index contributed by atoms with van der Waals surface area (Å²) in [7, 11) is -3.79. The van der Waals surface area contributed by atoms with Crippen LogP contribution in [0.25, 0.3) is 22.3 Å². The third-order valence-electron chi connectivity index (χ3n) is 7.19. The minimum absolute atomic E-state index is 0.144. The Morgan fingerprint density at radius 2 is 0.844 bits per heavy atom. The third-order valence-corrected chi connectivity index (χ3v) is 8.97. The number of sulfone groups is 1. The molecule has 45 heavy (non-hydrogen) atoms. The van der Waals surface area contributed by atoms with E-state index in [0.29, 0.717) is 23.0 Å². The van der Waals surface area contributed by atoms with Crippen molar-refractivity contribution in [2.24, 2.45) is 0 Å². The second kappa shape index (κ2) is 12.7. The quantitative estimate of drug-likeness (QED) is 0.163. The summed E-state index contributed by atoms with van der Waals surface area (Å²) in [5.41, 5.74) is 5.06. The van der Waals surface area contributed by atoms with Crippen molar-refractivity contribution < 1.29 is 17.9 Å². The second-order valence-electron chi connectivity index (χ2n) is 10.1. The highest BCUT2D eigenvalue weighted by molar-refractivity contribution is 7.91. The largest absolute Gasteiger partial charge is 0.457 e. The van der Waals surface area contributed by atoms with Gasteiger partial charge in [0.2, 0.25) is 9.84 Å². The highest BCUT2D eigenvalue weighted by Crippen LogP contribution is 2.36. The monoisotopic (exact) mass is 602 g/mol. The first kappa shape index (κ1) is 29.1. The summed E-state index contributed by atoms with van der Waals surface area (Å²) in [5.74, 6) is 7.52. The van der Waals surface area contributed by atoms with Crippen LogP contribution in [0.15, 0.2) is 155 Å². The van der Waals surface area contributed by atoms with Crippen molar-refractivity contribution in [2.75, 3.05) is 0 Å². The summed E-state index contributed by atoms with van der Waals surface area (Å²) in [4.78, 5) is 0.288. The third kappa shape index (κ3) is 6.36. The van der Waals surface area contributed by atoms with E-state index >= 15 is 0 Å². The molecule has 5 heteroatoms.